The molecule has 0 bridgehead atoms. The molecule has 8 heteroatoms. The lowest BCUT2D eigenvalue weighted by atomic mass is 10.0. The molecular weight excluding hydrogens is 432 g/mol. The first-order valence-electron chi connectivity index (χ1n) is 10.9. The van der Waals surface area contributed by atoms with Gasteiger partial charge in [0.1, 0.15) is 6.26 Å². The van der Waals surface area contributed by atoms with E-state index in [2.05, 4.69) is 15.6 Å². The van der Waals surface area contributed by atoms with Crippen molar-refractivity contribution < 1.29 is 19.1 Å². The van der Waals surface area contributed by atoms with Crippen LogP contribution in [0, 0.1) is 0 Å². The van der Waals surface area contributed by atoms with Crippen LogP contribution in [0.3, 0.4) is 0 Å². The van der Waals surface area contributed by atoms with E-state index in [9.17, 15) is 9.59 Å². The number of benzene rings is 2. The third kappa shape index (κ3) is 6.20. The van der Waals surface area contributed by atoms with Crippen LogP contribution in [0.25, 0.3) is 0 Å². The summed E-state index contributed by atoms with van der Waals surface area (Å²) in [4.78, 5) is 29.1. The molecule has 0 fully saturated rings. The Bertz CT molecular complexity index is 1130. The second-order valence-corrected chi connectivity index (χ2v) is 7.88. The van der Waals surface area contributed by atoms with Crippen LogP contribution in [0.2, 0.25) is 0 Å². The molecule has 1 aliphatic heterocycles. The largest absolute Gasteiger partial charge is 0.462 e. The predicted molar refractivity (Wildman–Crippen MR) is 127 cm³/mol. The molecule has 2 amide bonds. The van der Waals surface area contributed by atoms with Crippen LogP contribution in [0.15, 0.2) is 91.1 Å². The molecular formula is C26H26N4O4. The van der Waals surface area contributed by atoms with E-state index in [1.807, 2.05) is 30.3 Å². The van der Waals surface area contributed by atoms with Gasteiger partial charge in [0, 0.05) is 42.5 Å². The van der Waals surface area contributed by atoms with Crippen LogP contribution in [-0.4, -0.2) is 29.6 Å². The van der Waals surface area contributed by atoms with Gasteiger partial charge in [-0.2, -0.15) is 0 Å². The van der Waals surface area contributed by atoms with E-state index < -0.39 is 6.04 Å². The smallest absolute Gasteiger partial charge is 0.255 e. The van der Waals surface area contributed by atoms with Crippen molar-refractivity contribution in [3.05, 3.63) is 108 Å². The van der Waals surface area contributed by atoms with Gasteiger partial charge >= 0.3 is 0 Å². The number of carbonyl (C=O) groups excluding carboxylic acids is 2. The monoisotopic (exact) mass is 458 g/mol. The topological polar surface area (TPSA) is 116 Å². The van der Waals surface area contributed by atoms with E-state index in [-0.39, 0.29) is 31.1 Å². The van der Waals surface area contributed by atoms with E-state index in [0.717, 1.165) is 11.1 Å². The highest BCUT2D eigenvalue weighted by Gasteiger charge is 2.23. The minimum atomic E-state index is -0.524. The second kappa shape index (κ2) is 11.1. The molecule has 0 saturated carbocycles. The normalized spacial score (nSPS) is 14.2. The number of nitrogens with two attached hydrogens (primary N) is 1. The van der Waals surface area contributed by atoms with Crippen molar-refractivity contribution in [3.63, 3.8) is 0 Å². The highest BCUT2D eigenvalue weighted by atomic mass is 16.7. The molecule has 4 N–H and O–H groups in total. The Morgan fingerprint density at radius 1 is 1.00 bits per heavy atom. The number of pyridine rings is 1. The van der Waals surface area contributed by atoms with Gasteiger partial charge in [0.15, 0.2) is 5.76 Å². The number of aromatic nitrogens is 1. The quantitative estimate of drug-likeness (QED) is 0.453. The van der Waals surface area contributed by atoms with Gasteiger partial charge in [-0.1, -0.05) is 42.5 Å². The van der Waals surface area contributed by atoms with Gasteiger partial charge in [-0.15, -0.1) is 0 Å². The first kappa shape index (κ1) is 23.0. The zero-order valence-electron chi connectivity index (χ0n) is 18.5. The molecule has 0 radical (unpaired) electrons. The fraction of sp³-hybridized carbons (Fsp3) is 0.192. The lowest BCUT2D eigenvalue weighted by Crippen LogP contribution is -2.39. The zero-order valence-corrected chi connectivity index (χ0v) is 18.5. The Morgan fingerprint density at radius 2 is 1.74 bits per heavy atom. The number of hydrogen-bond donors (Lipinski definition) is 3. The number of rotatable bonds is 9. The van der Waals surface area contributed by atoms with E-state index in [1.54, 1.807) is 48.8 Å². The summed E-state index contributed by atoms with van der Waals surface area (Å²) in [6, 6.07) is 19.3. The van der Waals surface area contributed by atoms with E-state index >= 15 is 0 Å². The summed E-state index contributed by atoms with van der Waals surface area (Å²) in [5, 5.41) is 5.81. The lowest BCUT2D eigenvalue weighted by molar-refractivity contribution is -0.122. The Labute approximate surface area is 197 Å². The fourth-order valence-electron chi connectivity index (χ4n) is 3.60. The SMILES string of the molecule is NC(CC(=O)NC(Cc1ccccc1)C1=COCO1)c1ccc(C(=O)Nc2ccncc2)cc1. The highest BCUT2D eigenvalue weighted by Crippen LogP contribution is 2.19. The molecule has 8 nitrogen and oxygen atoms in total. The summed E-state index contributed by atoms with van der Waals surface area (Å²) < 4.78 is 10.7. The molecule has 2 unspecified atom stereocenters. The number of carbonyl (C=O) groups is 2. The minimum absolute atomic E-state index is 0.0853. The molecule has 4 rings (SSSR count). The minimum Gasteiger partial charge on any atom is -0.462 e. The summed E-state index contributed by atoms with van der Waals surface area (Å²) >= 11 is 0. The Hall–Kier alpha value is -4.17. The molecule has 34 heavy (non-hydrogen) atoms. The second-order valence-electron chi connectivity index (χ2n) is 7.88. The number of ether oxygens (including phenoxy) is 2. The standard InChI is InChI=1S/C26H26N4O4/c27-22(19-6-8-20(9-7-19)26(32)29-21-10-12-28-13-11-21)15-25(31)30-23(24-16-33-17-34-24)14-18-4-2-1-3-5-18/h1-13,16,22-23H,14-15,17,27H2,(H,30,31)(H,28,29,32). The summed E-state index contributed by atoms with van der Waals surface area (Å²) in [5.74, 6) is 0.138. The summed E-state index contributed by atoms with van der Waals surface area (Å²) in [6.45, 7) is 0.136. The van der Waals surface area contributed by atoms with Crippen molar-refractivity contribution in [1.29, 1.82) is 0 Å². The maximum atomic E-state index is 12.8. The van der Waals surface area contributed by atoms with Crippen LogP contribution < -0.4 is 16.4 Å². The van der Waals surface area contributed by atoms with Crippen LogP contribution in [0.4, 0.5) is 5.69 Å². The number of anilines is 1. The van der Waals surface area contributed by atoms with Gasteiger partial charge in [0.25, 0.3) is 5.91 Å². The van der Waals surface area contributed by atoms with Gasteiger partial charge in [0.2, 0.25) is 12.7 Å². The first-order valence-corrected chi connectivity index (χ1v) is 10.9. The van der Waals surface area contributed by atoms with Gasteiger partial charge in [0.05, 0.1) is 6.04 Å². The van der Waals surface area contributed by atoms with E-state index in [1.165, 1.54) is 6.26 Å². The molecule has 174 valence electrons. The maximum absolute atomic E-state index is 12.8. The number of nitrogens with zero attached hydrogens (tertiary/aromatic N) is 1. The van der Waals surface area contributed by atoms with Crippen molar-refractivity contribution in [2.75, 3.05) is 12.1 Å². The fourth-order valence-corrected chi connectivity index (χ4v) is 3.60. The van der Waals surface area contributed by atoms with E-state index in [0.29, 0.717) is 23.4 Å². The van der Waals surface area contributed by atoms with Gasteiger partial charge in [-0.3, -0.25) is 14.6 Å². The third-order valence-electron chi connectivity index (χ3n) is 5.40. The lowest BCUT2D eigenvalue weighted by Gasteiger charge is -2.20. The first-order chi connectivity index (χ1) is 16.6. The van der Waals surface area contributed by atoms with Gasteiger partial charge < -0.3 is 25.8 Å². The number of amides is 2. The number of hydrogen-bond acceptors (Lipinski definition) is 6. The molecule has 0 spiro atoms. The van der Waals surface area contributed by atoms with Gasteiger partial charge in [-0.05, 0) is 35.4 Å². The Balaban J connectivity index is 1.35. The summed E-state index contributed by atoms with van der Waals surface area (Å²) in [5.41, 5.74) is 9.26. The summed E-state index contributed by atoms with van der Waals surface area (Å²) in [6.07, 6.45) is 5.40. The van der Waals surface area contributed by atoms with Gasteiger partial charge in [-0.25, -0.2) is 0 Å². The van der Waals surface area contributed by atoms with Crippen molar-refractivity contribution in [1.82, 2.24) is 10.3 Å². The maximum Gasteiger partial charge on any atom is 0.255 e. The molecule has 0 aliphatic carbocycles. The molecule has 2 atom stereocenters. The average Bonchev–Trinajstić information content (AvgIpc) is 3.40. The van der Waals surface area contributed by atoms with Crippen LogP contribution in [0.5, 0.6) is 0 Å². The Kier molecular flexibility index (Phi) is 7.52. The van der Waals surface area contributed by atoms with Crippen molar-refractivity contribution >= 4 is 17.5 Å². The van der Waals surface area contributed by atoms with E-state index in [4.69, 9.17) is 15.2 Å². The molecule has 0 saturated heterocycles. The van der Waals surface area contributed by atoms with Crippen molar-refractivity contribution in [3.8, 4) is 0 Å². The Morgan fingerprint density at radius 3 is 2.41 bits per heavy atom. The molecule has 1 aliphatic rings. The van der Waals surface area contributed by atoms with Crippen LogP contribution >= 0.6 is 0 Å². The predicted octanol–water partition coefficient (Wildman–Crippen LogP) is 3.30. The van der Waals surface area contributed by atoms with Crippen molar-refractivity contribution in [2.24, 2.45) is 5.73 Å². The summed E-state index contributed by atoms with van der Waals surface area (Å²) in [7, 11) is 0. The molecule has 2 heterocycles. The molecule has 2 aromatic carbocycles. The molecule has 3 aromatic rings. The average molecular weight is 459 g/mol. The zero-order chi connectivity index (χ0) is 23.8. The molecule has 1 aromatic heterocycles. The van der Waals surface area contributed by atoms with Crippen LogP contribution in [-0.2, 0) is 20.7 Å². The highest BCUT2D eigenvalue weighted by molar-refractivity contribution is 6.04. The van der Waals surface area contributed by atoms with Crippen molar-refractivity contribution in [2.45, 2.75) is 24.9 Å². The third-order valence-corrected chi connectivity index (χ3v) is 5.40. The van der Waals surface area contributed by atoms with Crippen LogP contribution in [0.1, 0.15) is 33.9 Å². The number of nitrogens with one attached hydrogen (secondary N) is 2.